The van der Waals surface area contributed by atoms with Crippen LogP contribution in [0.15, 0.2) is 48.8 Å². The molecule has 118 valence electrons. The number of amides is 1. The first kappa shape index (κ1) is 14.2. The van der Waals surface area contributed by atoms with Crippen molar-refractivity contribution in [3.05, 3.63) is 59.9 Å². The molecule has 2 aliphatic heterocycles. The largest absolute Gasteiger partial charge is 0.373 e. The molecular weight excluding hydrogens is 286 g/mol. The van der Waals surface area contributed by atoms with Gasteiger partial charge in [-0.2, -0.15) is 0 Å². The average molecular weight is 307 g/mol. The van der Waals surface area contributed by atoms with Crippen molar-refractivity contribution in [1.29, 1.82) is 0 Å². The lowest BCUT2D eigenvalue weighted by Gasteiger charge is -2.39. The second kappa shape index (κ2) is 5.37. The summed E-state index contributed by atoms with van der Waals surface area (Å²) in [5.74, 6) is 0.104. The lowest BCUT2D eigenvalue weighted by Crippen LogP contribution is -2.46. The topological polar surface area (TPSA) is 36.4 Å². The minimum Gasteiger partial charge on any atom is -0.373 e. The van der Waals surface area contributed by atoms with Gasteiger partial charge >= 0.3 is 0 Å². The molecule has 0 radical (unpaired) electrons. The highest BCUT2D eigenvalue weighted by Crippen LogP contribution is 2.46. The Hall–Kier alpha value is -2.36. The number of benzene rings is 1. The molecule has 4 nitrogen and oxygen atoms in total. The molecule has 0 saturated carbocycles. The Labute approximate surface area is 136 Å². The number of carbonyl (C=O) groups excluding carboxylic acids is 1. The highest BCUT2D eigenvalue weighted by atomic mass is 16.2. The van der Waals surface area contributed by atoms with Gasteiger partial charge in [-0.05, 0) is 36.6 Å². The molecule has 0 bridgehead atoms. The molecule has 23 heavy (non-hydrogen) atoms. The Bertz CT molecular complexity index is 720. The molecule has 0 aliphatic carbocycles. The van der Waals surface area contributed by atoms with Crippen LogP contribution in [0.25, 0.3) is 0 Å². The van der Waals surface area contributed by atoms with Gasteiger partial charge in [0, 0.05) is 50.2 Å². The number of hydrogen-bond acceptors (Lipinski definition) is 3. The summed E-state index contributed by atoms with van der Waals surface area (Å²) < 4.78 is 0. The Morgan fingerprint density at radius 2 is 1.91 bits per heavy atom. The highest BCUT2D eigenvalue weighted by Gasteiger charge is 2.44. The minimum atomic E-state index is 0.104. The summed E-state index contributed by atoms with van der Waals surface area (Å²) in [5, 5.41) is 0. The first-order valence-electron chi connectivity index (χ1n) is 8.20. The third-order valence-corrected chi connectivity index (χ3v) is 5.34. The number of anilines is 1. The van der Waals surface area contributed by atoms with Crippen LogP contribution in [0.2, 0.25) is 0 Å². The van der Waals surface area contributed by atoms with Crippen LogP contribution in [0.5, 0.6) is 0 Å². The van der Waals surface area contributed by atoms with Crippen molar-refractivity contribution in [3.63, 3.8) is 0 Å². The van der Waals surface area contributed by atoms with E-state index in [2.05, 4.69) is 41.2 Å². The maximum absolute atomic E-state index is 12.6. The standard InChI is InChI=1S/C19H21N3O/c1-21-14-19(16-6-2-3-7-17(16)21)8-11-22(12-9-19)18(23)15-5-4-10-20-13-15/h2-7,10,13H,8-9,11-12,14H2,1H3. The maximum Gasteiger partial charge on any atom is 0.255 e. The molecule has 4 heteroatoms. The SMILES string of the molecule is CN1CC2(CCN(C(=O)c3cccnc3)CC2)c2ccccc21. The molecular formula is C19H21N3O. The number of fused-ring (bicyclic) bond motifs is 2. The number of pyridine rings is 1. The summed E-state index contributed by atoms with van der Waals surface area (Å²) in [7, 11) is 2.17. The van der Waals surface area contributed by atoms with Crippen molar-refractivity contribution in [2.45, 2.75) is 18.3 Å². The van der Waals surface area contributed by atoms with Gasteiger partial charge in [-0.3, -0.25) is 9.78 Å². The Balaban J connectivity index is 1.53. The van der Waals surface area contributed by atoms with Crippen LogP contribution in [0, 0.1) is 0 Å². The molecule has 0 atom stereocenters. The van der Waals surface area contributed by atoms with Crippen LogP contribution in [0.3, 0.4) is 0 Å². The van der Waals surface area contributed by atoms with Gasteiger partial charge < -0.3 is 9.80 Å². The van der Waals surface area contributed by atoms with Crippen LogP contribution in [-0.4, -0.2) is 42.5 Å². The van der Waals surface area contributed by atoms with E-state index >= 15 is 0 Å². The summed E-state index contributed by atoms with van der Waals surface area (Å²) >= 11 is 0. The van der Waals surface area contributed by atoms with Crippen molar-refractivity contribution in [3.8, 4) is 0 Å². The van der Waals surface area contributed by atoms with Crippen molar-refractivity contribution in [2.24, 2.45) is 0 Å². The van der Waals surface area contributed by atoms with E-state index in [1.807, 2.05) is 17.0 Å². The number of hydrogen-bond donors (Lipinski definition) is 0. The van der Waals surface area contributed by atoms with Crippen molar-refractivity contribution < 1.29 is 4.79 Å². The number of para-hydroxylation sites is 1. The van der Waals surface area contributed by atoms with Crippen LogP contribution in [-0.2, 0) is 5.41 Å². The van der Waals surface area contributed by atoms with Gasteiger partial charge in [0.25, 0.3) is 5.91 Å². The van der Waals surface area contributed by atoms with Gasteiger partial charge in [-0.1, -0.05) is 18.2 Å². The molecule has 1 aromatic carbocycles. The lowest BCUT2D eigenvalue weighted by atomic mass is 9.74. The fourth-order valence-electron chi connectivity index (χ4n) is 4.12. The smallest absolute Gasteiger partial charge is 0.255 e. The van der Waals surface area contributed by atoms with E-state index in [1.54, 1.807) is 12.4 Å². The quantitative estimate of drug-likeness (QED) is 0.813. The number of carbonyl (C=O) groups is 1. The van der Waals surface area contributed by atoms with Crippen LogP contribution in [0.4, 0.5) is 5.69 Å². The first-order valence-corrected chi connectivity index (χ1v) is 8.20. The normalized spacial score (nSPS) is 19.0. The van der Waals surface area contributed by atoms with Crippen molar-refractivity contribution in [1.82, 2.24) is 9.88 Å². The zero-order valence-electron chi connectivity index (χ0n) is 13.4. The first-order chi connectivity index (χ1) is 11.2. The van der Waals surface area contributed by atoms with Gasteiger partial charge in [0.15, 0.2) is 0 Å². The Morgan fingerprint density at radius 1 is 1.13 bits per heavy atom. The fraction of sp³-hybridized carbons (Fsp3) is 0.368. The number of rotatable bonds is 1. The molecule has 2 aromatic rings. The van der Waals surface area contributed by atoms with Crippen LogP contribution >= 0.6 is 0 Å². The van der Waals surface area contributed by atoms with Gasteiger partial charge in [0.1, 0.15) is 0 Å². The third kappa shape index (κ3) is 2.29. The molecule has 1 fully saturated rings. The molecule has 1 amide bonds. The zero-order valence-corrected chi connectivity index (χ0v) is 13.4. The second-order valence-electron chi connectivity index (χ2n) is 6.69. The number of nitrogens with zero attached hydrogens (tertiary/aromatic N) is 3. The van der Waals surface area contributed by atoms with E-state index in [0.29, 0.717) is 5.56 Å². The summed E-state index contributed by atoms with van der Waals surface area (Å²) in [6.45, 7) is 2.69. The van der Waals surface area contributed by atoms with Gasteiger partial charge in [-0.15, -0.1) is 0 Å². The average Bonchev–Trinajstić information content (AvgIpc) is 2.88. The zero-order chi connectivity index (χ0) is 15.9. The molecule has 0 N–H and O–H groups in total. The molecule has 0 unspecified atom stereocenters. The lowest BCUT2D eigenvalue weighted by molar-refractivity contribution is 0.0674. The summed E-state index contributed by atoms with van der Waals surface area (Å²) in [5.41, 5.74) is 3.69. The number of aromatic nitrogens is 1. The van der Waals surface area contributed by atoms with Crippen molar-refractivity contribution >= 4 is 11.6 Å². The molecule has 1 aromatic heterocycles. The van der Waals surface area contributed by atoms with E-state index in [4.69, 9.17) is 0 Å². The summed E-state index contributed by atoms with van der Waals surface area (Å²) in [6.07, 6.45) is 5.42. The van der Waals surface area contributed by atoms with E-state index in [0.717, 1.165) is 32.5 Å². The van der Waals surface area contributed by atoms with Crippen LogP contribution in [0.1, 0.15) is 28.8 Å². The fourth-order valence-corrected chi connectivity index (χ4v) is 4.12. The van der Waals surface area contributed by atoms with E-state index < -0.39 is 0 Å². The minimum absolute atomic E-state index is 0.104. The number of piperidine rings is 1. The molecule has 1 saturated heterocycles. The Kier molecular flexibility index (Phi) is 3.33. The van der Waals surface area contributed by atoms with E-state index in [9.17, 15) is 4.79 Å². The van der Waals surface area contributed by atoms with Crippen molar-refractivity contribution in [2.75, 3.05) is 31.6 Å². The predicted molar refractivity (Wildman–Crippen MR) is 90.8 cm³/mol. The molecule has 4 rings (SSSR count). The predicted octanol–water partition coefficient (Wildman–Crippen LogP) is 2.71. The third-order valence-electron chi connectivity index (χ3n) is 5.34. The Morgan fingerprint density at radius 3 is 2.65 bits per heavy atom. The van der Waals surface area contributed by atoms with E-state index in [-0.39, 0.29) is 11.3 Å². The van der Waals surface area contributed by atoms with Crippen LogP contribution < -0.4 is 4.90 Å². The maximum atomic E-state index is 12.6. The number of likely N-dealkylation sites (tertiary alicyclic amines) is 1. The molecule has 3 heterocycles. The number of likely N-dealkylation sites (N-methyl/N-ethyl adjacent to an activating group) is 1. The second-order valence-corrected chi connectivity index (χ2v) is 6.69. The van der Waals surface area contributed by atoms with E-state index in [1.165, 1.54) is 11.3 Å². The van der Waals surface area contributed by atoms with Gasteiger partial charge in [0.2, 0.25) is 0 Å². The summed E-state index contributed by atoms with van der Waals surface area (Å²) in [6, 6.07) is 12.4. The monoisotopic (exact) mass is 307 g/mol. The van der Waals surface area contributed by atoms with Gasteiger partial charge in [-0.25, -0.2) is 0 Å². The molecule has 1 spiro atoms. The summed E-state index contributed by atoms with van der Waals surface area (Å²) in [4.78, 5) is 21.0. The molecule has 2 aliphatic rings. The highest BCUT2D eigenvalue weighted by molar-refractivity contribution is 5.94. The van der Waals surface area contributed by atoms with Gasteiger partial charge in [0.05, 0.1) is 5.56 Å².